The molecule has 0 atom stereocenters. The molecule has 0 saturated carbocycles. The van der Waals surface area contributed by atoms with E-state index in [4.69, 9.17) is 0 Å². The van der Waals surface area contributed by atoms with Crippen molar-refractivity contribution in [2.75, 3.05) is 9.80 Å². The second-order valence-electron chi connectivity index (χ2n) is 17.7. The maximum Gasteiger partial charge on any atom is 0.0626 e. The molecule has 14 rings (SSSR count). The summed E-state index contributed by atoms with van der Waals surface area (Å²) in [6, 6.07) is 92.7. The first kappa shape index (κ1) is 38.2. The fourth-order valence-corrected chi connectivity index (χ4v) is 11.2. The zero-order valence-electron chi connectivity index (χ0n) is 37.0. The van der Waals surface area contributed by atoms with Crippen molar-refractivity contribution >= 4 is 110 Å². The van der Waals surface area contributed by atoms with E-state index >= 15 is 0 Å². The van der Waals surface area contributed by atoms with E-state index in [1.807, 2.05) is 0 Å². The van der Waals surface area contributed by atoms with Gasteiger partial charge in [0, 0.05) is 88.6 Å². The van der Waals surface area contributed by atoms with Crippen LogP contribution in [0.3, 0.4) is 0 Å². The molecule has 0 aliphatic rings. The number of hydrogen-bond donors (Lipinski definition) is 0. The molecule has 2 heterocycles. The van der Waals surface area contributed by atoms with Gasteiger partial charge in [-0.15, -0.1) is 0 Å². The van der Waals surface area contributed by atoms with Gasteiger partial charge in [0.25, 0.3) is 0 Å². The summed E-state index contributed by atoms with van der Waals surface area (Å²) in [5, 5.41) is 12.5. The van der Waals surface area contributed by atoms with Gasteiger partial charge >= 0.3 is 0 Å². The molecule has 68 heavy (non-hydrogen) atoms. The van der Waals surface area contributed by atoms with Gasteiger partial charge in [-0.25, -0.2) is 0 Å². The lowest BCUT2D eigenvalue weighted by molar-refractivity contribution is 1.18. The summed E-state index contributed by atoms with van der Waals surface area (Å²) in [6.07, 6.45) is 0. The van der Waals surface area contributed by atoms with Crippen LogP contribution in [0.25, 0.3) is 87.3 Å². The number of benzene rings is 12. The Kier molecular flexibility index (Phi) is 8.55. The van der Waals surface area contributed by atoms with Crippen molar-refractivity contribution in [1.82, 2.24) is 9.13 Å². The highest BCUT2D eigenvalue weighted by Crippen LogP contribution is 2.52. The number of aromatic nitrogens is 2. The summed E-state index contributed by atoms with van der Waals surface area (Å²) < 4.78 is 5.04. The van der Waals surface area contributed by atoms with Gasteiger partial charge in [0.1, 0.15) is 0 Å². The quantitative estimate of drug-likeness (QED) is 0.142. The Hall–Kier alpha value is -9.12. The van der Waals surface area contributed by atoms with Gasteiger partial charge in [0.15, 0.2) is 0 Å². The van der Waals surface area contributed by atoms with Crippen LogP contribution in [-0.4, -0.2) is 9.13 Å². The molecule has 0 saturated heterocycles. The molecule has 0 aliphatic heterocycles. The Labute approximate surface area is 393 Å². The molecule has 0 spiro atoms. The largest absolute Gasteiger partial charge is 0.310 e. The fourth-order valence-electron chi connectivity index (χ4n) is 11.2. The lowest BCUT2D eigenvalue weighted by Crippen LogP contribution is -2.09. The molecule has 0 radical (unpaired) electrons. The molecule has 0 N–H and O–H groups in total. The predicted octanol–water partition coefficient (Wildman–Crippen LogP) is 17.7. The lowest BCUT2D eigenvalue weighted by Gasteiger charge is -2.25. The van der Waals surface area contributed by atoms with E-state index in [9.17, 15) is 0 Å². The molecule has 14 aromatic rings. The monoisotopic (exact) mass is 866 g/mol. The molecule has 12 aromatic carbocycles. The Balaban J connectivity index is 1.12. The highest BCUT2D eigenvalue weighted by atomic mass is 15.2. The van der Waals surface area contributed by atoms with Crippen molar-refractivity contribution in [3.05, 3.63) is 255 Å². The SMILES string of the molecule is c1ccc(N(c2ccccc2)c2ccc3c4c5cccc6c5c5c(cccc5c4n(-c4ccccc4)c3c2)c2c3ccc(N(c4ccccc4)c4ccccc4)cc3n(-c3ccccc3)c62)cc1. The molecule has 4 heteroatoms. The highest BCUT2D eigenvalue weighted by Gasteiger charge is 2.27. The zero-order chi connectivity index (χ0) is 44.7. The standard InChI is InChI=1S/C64H42N4/c1-7-21-43(22-8-1)65(44-23-9-2-10-24-44)49-37-39-51-57(41-49)67(47-29-15-5-16-30-47)63-55-35-20-34-54-60(55)59-53(61(51)63)33-19-36-56(59)64-62(54)52-40-38-50(42-58(52)68(64)48-31-17-6-18-32-48)66(45-25-11-3-12-26-45)46-27-13-4-14-28-46/h1-42H. The van der Waals surface area contributed by atoms with E-state index in [0.717, 1.165) is 56.5 Å². The first-order chi connectivity index (χ1) is 33.8. The summed E-state index contributed by atoms with van der Waals surface area (Å²) in [7, 11) is 0. The molecule has 0 fully saturated rings. The lowest BCUT2D eigenvalue weighted by atomic mass is 9.88. The molecule has 0 amide bonds. The van der Waals surface area contributed by atoms with E-state index < -0.39 is 0 Å². The number of anilines is 6. The van der Waals surface area contributed by atoms with Gasteiger partial charge in [0.2, 0.25) is 0 Å². The summed E-state index contributed by atoms with van der Waals surface area (Å²) >= 11 is 0. The molecule has 0 bridgehead atoms. The van der Waals surface area contributed by atoms with Crippen LogP contribution in [0, 0.1) is 0 Å². The van der Waals surface area contributed by atoms with E-state index in [-0.39, 0.29) is 0 Å². The minimum Gasteiger partial charge on any atom is -0.310 e. The highest BCUT2D eigenvalue weighted by molar-refractivity contribution is 6.44. The van der Waals surface area contributed by atoms with Crippen LogP contribution in [0.5, 0.6) is 0 Å². The zero-order valence-corrected chi connectivity index (χ0v) is 37.0. The average Bonchev–Trinajstić information content (AvgIpc) is 3.94. The van der Waals surface area contributed by atoms with Crippen LogP contribution in [0.2, 0.25) is 0 Å². The molecule has 318 valence electrons. The Morgan fingerprint density at radius 1 is 0.221 bits per heavy atom. The summed E-state index contributed by atoms with van der Waals surface area (Å²) in [4.78, 5) is 4.73. The van der Waals surface area contributed by atoms with Gasteiger partial charge in [-0.1, -0.05) is 158 Å². The number of hydrogen-bond acceptors (Lipinski definition) is 2. The van der Waals surface area contributed by atoms with Gasteiger partial charge < -0.3 is 18.9 Å². The third kappa shape index (κ3) is 5.68. The van der Waals surface area contributed by atoms with Crippen molar-refractivity contribution in [2.24, 2.45) is 0 Å². The topological polar surface area (TPSA) is 16.3 Å². The summed E-state index contributed by atoms with van der Waals surface area (Å²) in [6.45, 7) is 0. The number of nitrogens with zero attached hydrogens (tertiary/aromatic N) is 4. The molecular formula is C64H42N4. The number of fused-ring (bicyclic) bond motifs is 10. The fraction of sp³-hybridized carbons (Fsp3) is 0. The Morgan fingerprint density at radius 3 is 0.868 bits per heavy atom. The number of rotatable bonds is 8. The van der Waals surface area contributed by atoms with Crippen molar-refractivity contribution < 1.29 is 0 Å². The van der Waals surface area contributed by atoms with E-state index in [2.05, 4.69) is 274 Å². The second kappa shape index (κ2) is 15.2. The second-order valence-corrected chi connectivity index (χ2v) is 17.7. The van der Waals surface area contributed by atoms with E-state index in [0.29, 0.717) is 0 Å². The first-order valence-corrected chi connectivity index (χ1v) is 23.4. The minimum absolute atomic E-state index is 1.10. The summed E-state index contributed by atoms with van der Waals surface area (Å²) in [5.74, 6) is 0. The first-order valence-electron chi connectivity index (χ1n) is 23.4. The molecule has 0 aliphatic carbocycles. The van der Waals surface area contributed by atoms with E-state index in [1.54, 1.807) is 0 Å². The predicted molar refractivity (Wildman–Crippen MR) is 288 cm³/mol. The molecule has 0 unspecified atom stereocenters. The van der Waals surface area contributed by atoms with Gasteiger partial charge in [-0.05, 0) is 108 Å². The molecule has 4 nitrogen and oxygen atoms in total. The molecule has 2 aromatic heterocycles. The Bertz CT molecular complexity index is 3810. The third-order valence-electron chi connectivity index (χ3n) is 13.9. The molecular weight excluding hydrogens is 825 g/mol. The van der Waals surface area contributed by atoms with Crippen molar-refractivity contribution in [2.45, 2.75) is 0 Å². The van der Waals surface area contributed by atoms with Gasteiger partial charge in [0.05, 0.1) is 22.1 Å². The normalized spacial score (nSPS) is 11.8. The van der Waals surface area contributed by atoms with Crippen molar-refractivity contribution in [3.63, 3.8) is 0 Å². The van der Waals surface area contributed by atoms with Crippen molar-refractivity contribution in [3.8, 4) is 11.4 Å². The summed E-state index contributed by atoms with van der Waals surface area (Å²) in [5.41, 5.74) is 13.7. The third-order valence-corrected chi connectivity index (χ3v) is 13.9. The maximum atomic E-state index is 2.52. The minimum atomic E-state index is 1.10. The smallest absolute Gasteiger partial charge is 0.0626 e. The number of para-hydroxylation sites is 6. The van der Waals surface area contributed by atoms with E-state index in [1.165, 1.54) is 64.9 Å². The van der Waals surface area contributed by atoms with Crippen LogP contribution < -0.4 is 9.80 Å². The van der Waals surface area contributed by atoms with Gasteiger partial charge in [-0.3, -0.25) is 0 Å². The van der Waals surface area contributed by atoms with Crippen LogP contribution in [-0.2, 0) is 0 Å². The van der Waals surface area contributed by atoms with Crippen LogP contribution in [0.1, 0.15) is 0 Å². The van der Waals surface area contributed by atoms with Crippen LogP contribution in [0.15, 0.2) is 255 Å². The van der Waals surface area contributed by atoms with Gasteiger partial charge in [-0.2, -0.15) is 0 Å². The Morgan fingerprint density at radius 2 is 0.529 bits per heavy atom. The van der Waals surface area contributed by atoms with Crippen LogP contribution in [0.4, 0.5) is 34.1 Å². The van der Waals surface area contributed by atoms with Crippen LogP contribution >= 0.6 is 0 Å². The average molecular weight is 867 g/mol. The van der Waals surface area contributed by atoms with Crippen molar-refractivity contribution in [1.29, 1.82) is 0 Å². The maximum absolute atomic E-state index is 2.52.